The molecule has 0 radical (unpaired) electrons. The fraction of sp³-hybridized carbons (Fsp3) is 0.333. The molecule has 2 aromatic carbocycles. The number of aromatic nitrogens is 2. The molecule has 0 amide bonds. The Bertz CT molecular complexity index is 1140. The molecule has 1 aliphatic rings. The lowest BCUT2D eigenvalue weighted by atomic mass is 10.0. The lowest BCUT2D eigenvalue weighted by Gasteiger charge is -2.32. The summed E-state index contributed by atoms with van der Waals surface area (Å²) in [7, 11) is 0. The van der Waals surface area contributed by atoms with E-state index in [9.17, 15) is 9.59 Å². The number of aromatic amines is 1. The molecule has 1 aromatic heterocycles. The Kier molecular flexibility index (Phi) is 5.86. The Hall–Kier alpha value is -3.12. The fourth-order valence-electron chi connectivity index (χ4n) is 3.99. The summed E-state index contributed by atoms with van der Waals surface area (Å²) in [5.41, 5.74) is 2.33. The third-order valence-electron chi connectivity index (χ3n) is 5.63. The summed E-state index contributed by atoms with van der Waals surface area (Å²) >= 11 is 0. The molecule has 2 heterocycles. The highest BCUT2D eigenvalue weighted by Gasteiger charge is 2.22. The van der Waals surface area contributed by atoms with Gasteiger partial charge in [-0.2, -0.15) is 0 Å². The third kappa shape index (κ3) is 4.71. The van der Waals surface area contributed by atoms with Crippen LogP contribution in [0.2, 0.25) is 0 Å². The molecule has 6 heteroatoms. The second-order valence-corrected chi connectivity index (χ2v) is 8.05. The molecule has 156 valence electrons. The molecule has 0 unspecified atom stereocenters. The monoisotopic (exact) mass is 405 g/mol. The molecule has 3 aromatic rings. The Morgan fingerprint density at radius 2 is 1.70 bits per heavy atom. The predicted octanol–water partition coefficient (Wildman–Crippen LogP) is 3.78. The van der Waals surface area contributed by atoms with Crippen molar-refractivity contribution in [2.45, 2.75) is 39.3 Å². The van der Waals surface area contributed by atoms with Crippen molar-refractivity contribution in [2.75, 3.05) is 13.1 Å². The smallest absolute Gasteiger partial charge is 0.328 e. The molecule has 0 bridgehead atoms. The molecule has 0 atom stereocenters. The summed E-state index contributed by atoms with van der Waals surface area (Å²) in [6.45, 7) is 6.43. The number of ether oxygens (including phenoxy) is 1. The van der Waals surface area contributed by atoms with Crippen LogP contribution in [0.3, 0.4) is 0 Å². The molecule has 30 heavy (non-hydrogen) atoms. The lowest BCUT2D eigenvalue weighted by Crippen LogP contribution is -2.39. The van der Waals surface area contributed by atoms with Crippen LogP contribution in [0.1, 0.15) is 35.6 Å². The molecule has 1 N–H and O–H groups in total. The maximum atomic E-state index is 12.2. The minimum Gasteiger partial charge on any atom is -0.457 e. The van der Waals surface area contributed by atoms with Gasteiger partial charge in [0, 0.05) is 37.4 Å². The normalized spacial score (nSPS) is 15.3. The number of hydrogen-bond acceptors (Lipinski definition) is 4. The predicted molar refractivity (Wildman–Crippen MR) is 117 cm³/mol. The Labute approximate surface area is 175 Å². The Morgan fingerprint density at radius 3 is 2.43 bits per heavy atom. The molecule has 6 nitrogen and oxygen atoms in total. The molecule has 1 aliphatic heterocycles. The number of hydrogen-bond donors (Lipinski definition) is 1. The summed E-state index contributed by atoms with van der Waals surface area (Å²) in [6.07, 6.45) is 3.45. The first-order valence-corrected chi connectivity index (χ1v) is 10.4. The number of nitrogens with zero attached hydrogens (tertiary/aromatic N) is 2. The van der Waals surface area contributed by atoms with E-state index in [1.165, 1.54) is 11.1 Å². The number of piperidine rings is 1. The van der Waals surface area contributed by atoms with Gasteiger partial charge in [-0.05, 0) is 62.1 Å². The first-order chi connectivity index (χ1) is 14.5. The molecular weight excluding hydrogens is 378 g/mol. The van der Waals surface area contributed by atoms with Crippen molar-refractivity contribution in [2.24, 2.45) is 0 Å². The molecular formula is C24H27N3O3. The van der Waals surface area contributed by atoms with Crippen LogP contribution >= 0.6 is 0 Å². The summed E-state index contributed by atoms with van der Waals surface area (Å²) in [6, 6.07) is 16.4. The van der Waals surface area contributed by atoms with E-state index in [4.69, 9.17) is 4.74 Å². The average molecular weight is 405 g/mol. The van der Waals surface area contributed by atoms with Gasteiger partial charge >= 0.3 is 5.69 Å². The number of rotatable bonds is 5. The summed E-state index contributed by atoms with van der Waals surface area (Å²) in [5, 5.41) is 0. The van der Waals surface area contributed by atoms with Crippen LogP contribution in [0.25, 0.3) is 0 Å². The quantitative estimate of drug-likeness (QED) is 0.701. The maximum Gasteiger partial charge on any atom is 0.328 e. The number of likely N-dealkylation sites (tertiary alicyclic amines) is 1. The Morgan fingerprint density at radius 1 is 1.00 bits per heavy atom. The van der Waals surface area contributed by atoms with E-state index in [0.717, 1.165) is 44.0 Å². The van der Waals surface area contributed by atoms with Gasteiger partial charge in [0.2, 0.25) is 0 Å². The zero-order valence-electron chi connectivity index (χ0n) is 17.4. The van der Waals surface area contributed by atoms with E-state index in [-0.39, 0.29) is 17.3 Å². The number of aryl methyl sites for hydroxylation is 2. The number of nitrogens with one attached hydrogen (secondary N) is 1. The van der Waals surface area contributed by atoms with E-state index in [1.54, 1.807) is 17.7 Å². The molecule has 0 aliphatic carbocycles. The van der Waals surface area contributed by atoms with Crippen molar-refractivity contribution in [1.29, 1.82) is 0 Å². The van der Waals surface area contributed by atoms with Crippen molar-refractivity contribution in [3.8, 4) is 11.5 Å². The van der Waals surface area contributed by atoms with E-state index >= 15 is 0 Å². The molecule has 0 saturated carbocycles. The maximum absolute atomic E-state index is 12.2. The molecule has 0 spiro atoms. The minimum absolute atomic E-state index is 0.125. The first-order valence-electron chi connectivity index (χ1n) is 10.4. The fourth-order valence-corrected chi connectivity index (χ4v) is 3.99. The zero-order valence-corrected chi connectivity index (χ0v) is 17.4. The van der Waals surface area contributed by atoms with Gasteiger partial charge in [0.1, 0.15) is 11.5 Å². The molecule has 4 rings (SSSR count). The van der Waals surface area contributed by atoms with Crippen molar-refractivity contribution in [3.05, 3.63) is 92.3 Å². The van der Waals surface area contributed by atoms with Gasteiger partial charge < -0.3 is 4.74 Å². The van der Waals surface area contributed by atoms with Crippen LogP contribution in [0.15, 0.2) is 64.3 Å². The van der Waals surface area contributed by atoms with E-state index < -0.39 is 0 Å². The average Bonchev–Trinajstić information content (AvgIpc) is 2.72. The highest BCUT2D eigenvalue weighted by Crippen LogP contribution is 2.25. The van der Waals surface area contributed by atoms with Crippen LogP contribution in [-0.2, 0) is 6.54 Å². The van der Waals surface area contributed by atoms with Gasteiger partial charge in [0.15, 0.2) is 0 Å². The summed E-state index contributed by atoms with van der Waals surface area (Å²) in [4.78, 5) is 28.6. The van der Waals surface area contributed by atoms with Crippen LogP contribution < -0.4 is 16.0 Å². The first kappa shape index (κ1) is 20.2. The summed E-state index contributed by atoms with van der Waals surface area (Å²) in [5.74, 6) is 1.68. The largest absolute Gasteiger partial charge is 0.457 e. The van der Waals surface area contributed by atoms with Gasteiger partial charge in [-0.3, -0.25) is 19.2 Å². The van der Waals surface area contributed by atoms with Gasteiger partial charge in [-0.25, -0.2) is 4.79 Å². The van der Waals surface area contributed by atoms with E-state index in [2.05, 4.69) is 35.0 Å². The zero-order chi connectivity index (χ0) is 21.1. The van der Waals surface area contributed by atoms with E-state index in [0.29, 0.717) is 5.56 Å². The SMILES string of the molecule is Cc1cccc(Oc2cccc(CN3CCC(n4cc(C)c(=O)[nH]c4=O)CC3)c2)c1. The third-order valence-corrected chi connectivity index (χ3v) is 5.63. The standard InChI is InChI=1S/C24H27N3O3/c1-17-5-3-7-21(13-17)30-22-8-4-6-19(14-22)16-26-11-9-20(10-12-26)27-15-18(2)23(28)25-24(27)29/h3-8,13-15,20H,9-12,16H2,1-2H3,(H,25,28,29). The molecule has 1 fully saturated rings. The van der Waals surface area contributed by atoms with Crippen molar-refractivity contribution < 1.29 is 4.74 Å². The second-order valence-electron chi connectivity index (χ2n) is 8.05. The number of H-pyrrole nitrogens is 1. The lowest BCUT2D eigenvalue weighted by molar-refractivity contribution is 0.176. The molecule has 1 saturated heterocycles. The summed E-state index contributed by atoms with van der Waals surface area (Å²) < 4.78 is 7.70. The van der Waals surface area contributed by atoms with E-state index in [1.807, 2.05) is 30.3 Å². The topological polar surface area (TPSA) is 67.3 Å². The van der Waals surface area contributed by atoms with Gasteiger partial charge in [0.25, 0.3) is 5.56 Å². The van der Waals surface area contributed by atoms with Crippen LogP contribution in [0.4, 0.5) is 0 Å². The van der Waals surface area contributed by atoms with Crippen molar-refractivity contribution >= 4 is 0 Å². The second kappa shape index (κ2) is 8.71. The van der Waals surface area contributed by atoms with Gasteiger partial charge in [0.05, 0.1) is 0 Å². The van der Waals surface area contributed by atoms with Crippen LogP contribution in [0.5, 0.6) is 11.5 Å². The van der Waals surface area contributed by atoms with Crippen LogP contribution in [0, 0.1) is 13.8 Å². The van der Waals surface area contributed by atoms with Crippen molar-refractivity contribution in [1.82, 2.24) is 14.5 Å². The van der Waals surface area contributed by atoms with Crippen LogP contribution in [-0.4, -0.2) is 27.5 Å². The Balaban J connectivity index is 1.38. The highest BCUT2D eigenvalue weighted by atomic mass is 16.5. The van der Waals surface area contributed by atoms with Gasteiger partial charge in [-0.1, -0.05) is 24.3 Å². The number of benzene rings is 2. The minimum atomic E-state index is -0.315. The highest BCUT2D eigenvalue weighted by molar-refractivity contribution is 5.35. The van der Waals surface area contributed by atoms with Crippen molar-refractivity contribution in [3.63, 3.8) is 0 Å². The van der Waals surface area contributed by atoms with Gasteiger partial charge in [-0.15, -0.1) is 0 Å².